The summed E-state index contributed by atoms with van der Waals surface area (Å²) in [6, 6.07) is 4.66. The maximum atomic E-state index is 11.7. The molecule has 0 atom stereocenters. The lowest BCUT2D eigenvalue weighted by Gasteiger charge is -2.07. The van der Waals surface area contributed by atoms with Gasteiger partial charge < -0.3 is 16.8 Å². The van der Waals surface area contributed by atoms with Crippen molar-refractivity contribution in [1.29, 1.82) is 0 Å². The molecule has 0 aliphatic carbocycles. The van der Waals surface area contributed by atoms with Crippen molar-refractivity contribution in [2.24, 2.45) is 11.5 Å². The van der Waals surface area contributed by atoms with Crippen molar-refractivity contribution >= 4 is 29.1 Å². The van der Waals surface area contributed by atoms with Gasteiger partial charge in [-0.15, -0.1) is 0 Å². The molecule has 1 aromatic rings. The van der Waals surface area contributed by atoms with Crippen LogP contribution < -0.4 is 16.8 Å². The van der Waals surface area contributed by atoms with Gasteiger partial charge in [0, 0.05) is 12.1 Å². The van der Waals surface area contributed by atoms with Crippen LogP contribution in [0.3, 0.4) is 0 Å². The molecule has 5 N–H and O–H groups in total. The first kappa shape index (κ1) is 16.5. The number of carbonyl (C=O) groups excluding carboxylic acids is 2. The SMILES string of the molecule is NCCCCCCC(=O)Nc1ccc(Cl)c(C(N)=O)c1. The summed E-state index contributed by atoms with van der Waals surface area (Å²) in [5.74, 6) is -0.705. The first-order valence-electron chi connectivity index (χ1n) is 6.64. The standard InChI is InChI=1S/C14H20ClN3O2/c15-12-7-6-10(9-11(12)14(17)20)18-13(19)5-3-1-2-4-8-16/h6-7,9H,1-5,8,16H2,(H2,17,20)(H,18,19). The summed E-state index contributed by atoms with van der Waals surface area (Å²) in [5.41, 5.74) is 11.3. The molecule has 0 aromatic heterocycles. The zero-order valence-corrected chi connectivity index (χ0v) is 12.1. The summed E-state index contributed by atoms with van der Waals surface area (Å²) in [4.78, 5) is 22.9. The Hall–Kier alpha value is -1.59. The van der Waals surface area contributed by atoms with Crippen LogP contribution in [0.1, 0.15) is 42.5 Å². The highest BCUT2D eigenvalue weighted by Crippen LogP contribution is 2.20. The van der Waals surface area contributed by atoms with Crippen LogP contribution in [0.5, 0.6) is 0 Å². The van der Waals surface area contributed by atoms with Crippen LogP contribution in [-0.4, -0.2) is 18.4 Å². The zero-order chi connectivity index (χ0) is 15.0. The average Bonchev–Trinajstić information content (AvgIpc) is 2.40. The summed E-state index contributed by atoms with van der Waals surface area (Å²) in [5, 5.41) is 3.00. The number of halogens is 1. The molecule has 0 saturated carbocycles. The van der Waals surface area contributed by atoms with Gasteiger partial charge in [0.1, 0.15) is 0 Å². The van der Waals surface area contributed by atoms with Gasteiger partial charge in [-0.25, -0.2) is 0 Å². The first-order chi connectivity index (χ1) is 9.54. The Morgan fingerprint density at radius 2 is 1.85 bits per heavy atom. The Morgan fingerprint density at radius 1 is 1.15 bits per heavy atom. The van der Waals surface area contributed by atoms with Crippen molar-refractivity contribution in [3.05, 3.63) is 28.8 Å². The Bertz CT molecular complexity index is 477. The minimum atomic E-state index is -0.618. The number of nitrogens with two attached hydrogens (primary N) is 2. The molecule has 0 spiro atoms. The molecule has 110 valence electrons. The summed E-state index contributed by atoms with van der Waals surface area (Å²) in [6.07, 6.45) is 4.27. The topological polar surface area (TPSA) is 98.2 Å². The highest BCUT2D eigenvalue weighted by Gasteiger charge is 2.09. The van der Waals surface area contributed by atoms with Gasteiger partial charge in [-0.3, -0.25) is 9.59 Å². The Balaban J connectivity index is 2.46. The highest BCUT2D eigenvalue weighted by atomic mass is 35.5. The van der Waals surface area contributed by atoms with E-state index in [1.807, 2.05) is 0 Å². The third-order valence-corrected chi connectivity index (χ3v) is 3.20. The van der Waals surface area contributed by atoms with Gasteiger partial charge in [-0.1, -0.05) is 24.4 Å². The summed E-state index contributed by atoms with van der Waals surface area (Å²) in [6.45, 7) is 0.687. The molecular weight excluding hydrogens is 278 g/mol. The molecule has 5 nitrogen and oxygen atoms in total. The lowest BCUT2D eigenvalue weighted by Crippen LogP contribution is -2.14. The maximum Gasteiger partial charge on any atom is 0.250 e. The van der Waals surface area contributed by atoms with Gasteiger partial charge in [0.15, 0.2) is 0 Å². The Kier molecular flexibility index (Phi) is 7.04. The van der Waals surface area contributed by atoms with E-state index in [9.17, 15) is 9.59 Å². The van der Waals surface area contributed by atoms with E-state index < -0.39 is 5.91 Å². The van der Waals surface area contributed by atoms with E-state index >= 15 is 0 Å². The summed E-state index contributed by atoms with van der Waals surface area (Å²) in [7, 11) is 0. The summed E-state index contributed by atoms with van der Waals surface area (Å²) >= 11 is 5.84. The van der Waals surface area contributed by atoms with Crippen LogP contribution in [-0.2, 0) is 4.79 Å². The predicted octanol–water partition coefficient (Wildman–Crippen LogP) is 2.29. The van der Waals surface area contributed by atoms with Gasteiger partial charge in [0.25, 0.3) is 0 Å². The molecule has 2 amide bonds. The quantitative estimate of drug-likeness (QED) is 0.642. The number of unbranched alkanes of at least 4 members (excludes halogenated alkanes) is 3. The molecule has 0 fully saturated rings. The Labute approximate surface area is 123 Å². The molecule has 20 heavy (non-hydrogen) atoms. The molecule has 6 heteroatoms. The smallest absolute Gasteiger partial charge is 0.250 e. The predicted molar refractivity (Wildman–Crippen MR) is 80.7 cm³/mol. The number of hydrogen-bond acceptors (Lipinski definition) is 3. The molecule has 0 unspecified atom stereocenters. The minimum Gasteiger partial charge on any atom is -0.366 e. The Morgan fingerprint density at radius 3 is 2.50 bits per heavy atom. The number of anilines is 1. The number of benzene rings is 1. The molecule has 1 aromatic carbocycles. The fraction of sp³-hybridized carbons (Fsp3) is 0.429. The second-order valence-electron chi connectivity index (χ2n) is 4.56. The van der Waals surface area contributed by atoms with Crippen molar-refractivity contribution in [3.8, 4) is 0 Å². The van der Waals surface area contributed by atoms with Crippen molar-refractivity contribution < 1.29 is 9.59 Å². The normalized spacial score (nSPS) is 10.3. The number of hydrogen-bond donors (Lipinski definition) is 3. The number of nitrogens with one attached hydrogen (secondary N) is 1. The monoisotopic (exact) mass is 297 g/mol. The van der Waals surface area contributed by atoms with Crippen LogP contribution in [0.2, 0.25) is 5.02 Å². The van der Waals surface area contributed by atoms with E-state index in [2.05, 4.69) is 5.32 Å². The average molecular weight is 298 g/mol. The molecule has 0 aliphatic rings. The van der Waals surface area contributed by atoms with Crippen LogP contribution in [0.15, 0.2) is 18.2 Å². The van der Waals surface area contributed by atoms with Crippen molar-refractivity contribution in [2.45, 2.75) is 32.1 Å². The van der Waals surface area contributed by atoms with Gasteiger partial charge in [0.05, 0.1) is 10.6 Å². The van der Waals surface area contributed by atoms with E-state index in [1.54, 1.807) is 12.1 Å². The van der Waals surface area contributed by atoms with Crippen molar-refractivity contribution in [3.63, 3.8) is 0 Å². The zero-order valence-electron chi connectivity index (χ0n) is 11.3. The van der Waals surface area contributed by atoms with Crippen LogP contribution in [0, 0.1) is 0 Å². The number of primary amides is 1. The third kappa shape index (κ3) is 5.59. The number of carbonyl (C=O) groups is 2. The fourth-order valence-electron chi connectivity index (χ4n) is 1.80. The van der Waals surface area contributed by atoms with Crippen molar-refractivity contribution in [1.82, 2.24) is 0 Å². The van der Waals surface area contributed by atoms with Gasteiger partial charge >= 0.3 is 0 Å². The highest BCUT2D eigenvalue weighted by molar-refractivity contribution is 6.33. The molecule has 0 aliphatic heterocycles. The fourth-order valence-corrected chi connectivity index (χ4v) is 2.01. The second kappa shape index (κ2) is 8.55. The third-order valence-electron chi connectivity index (χ3n) is 2.87. The molecule has 0 heterocycles. The lowest BCUT2D eigenvalue weighted by atomic mass is 10.1. The van der Waals surface area contributed by atoms with E-state index in [1.165, 1.54) is 6.07 Å². The first-order valence-corrected chi connectivity index (χ1v) is 7.01. The maximum absolute atomic E-state index is 11.7. The van der Waals surface area contributed by atoms with E-state index in [4.69, 9.17) is 23.1 Å². The van der Waals surface area contributed by atoms with E-state index in [0.29, 0.717) is 18.7 Å². The molecule has 1 rings (SSSR count). The van der Waals surface area contributed by atoms with Crippen molar-refractivity contribution in [2.75, 3.05) is 11.9 Å². The van der Waals surface area contributed by atoms with Gasteiger partial charge in [-0.2, -0.15) is 0 Å². The molecular formula is C14H20ClN3O2. The number of amides is 2. The van der Waals surface area contributed by atoms with Crippen LogP contribution >= 0.6 is 11.6 Å². The summed E-state index contributed by atoms with van der Waals surface area (Å²) < 4.78 is 0. The molecule has 0 saturated heterocycles. The largest absolute Gasteiger partial charge is 0.366 e. The minimum absolute atomic E-state index is 0.0875. The van der Waals surface area contributed by atoms with E-state index in [0.717, 1.165) is 25.7 Å². The second-order valence-corrected chi connectivity index (χ2v) is 4.97. The van der Waals surface area contributed by atoms with E-state index in [-0.39, 0.29) is 16.5 Å². The number of rotatable bonds is 8. The van der Waals surface area contributed by atoms with Gasteiger partial charge in [0.2, 0.25) is 11.8 Å². The lowest BCUT2D eigenvalue weighted by molar-refractivity contribution is -0.116. The van der Waals surface area contributed by atoms with Gasteiger partial charge in [-0.05, 0) is 37.6 Å². The van der Waals surface area contributed by atoms with Crippen LogP contribution in [0.4, 0.5) is 5.69 Å². The van der Waals surface area contributed by atoms with Crippen LogP contribution in [0.25, 0.3) is 0 Å². The molecule has 0 radical (unpaired) electrons. The molecule has 0 bridgehead atoms.